The third-order valence-electron chi connectivity index (χ3n) is 3.69. The van der Waals surface area contributed by atoms with Crippen LogP contribution >= 0.6 is 11.3 Å². The lowest BCUT2D eigenvalue weighted by Crippen LogP contribution is -2.49. The second-order valence-electron chi connectivity index (χ2n) is 5.23. The molecule has 2 heterocycles. The van der Waals surface area contributed by atoms with Crippen LogP contribution in [-0.2, 0) is 11.3 Å². The van der Waals surface area contributed by atoms with E-state index in [-0.39, 0.29) is 5.91 Å². The molecular weight excluding hydrogens is 244 g/mol. The minimum absolute atomic E-state index is 0.203. The molecule has 1 saturated heterocycles. The molecule has 0 aromatic carbocycles. The van der Waals surface area contributed by atoms with E-state index in [1.807, 2.05) is 16.2 Å². The normalized spacial score (nSPS) is 24.3. The number of nitrogens with one attached hydrogen (secondary N) is 1. The Morgan fingerprint density at radius 2 is 2.33 bits per heavy atom. The van der Waals surface area contributed by atoms with Gasteiger partial charge in [-0.15, -0.1) is 11.3 Å². The number of likely N-dealkylation sites (tertiary alicyclic amines) is 1. The van der Waals surface area contributed by atoms with Gasteiger partial charge in [0.05, 0.1) is 0 Å². The maximum absolute atomic E-state index is 11.3. The molecule has 2 unspecified atom stereocenters. The van der Waals surface area contributed by atoms with Gasteiger partial charge in [0.15, 0.2) is 0 Å². The standard InChI is InChI=1S/C14H22N2OS/c1-10-9-16(12(3)17)7-6-14(10)15-8-13-5-4-11(2)18-13/h4-5,10,14-15H,6-9H2,1-3H3. The van der Waals surface area contributed by atoms with Crippen molar-refractivity contribution in [1.29, 1.82) is 0 Å². The molecule has 1 N–H and O–H groups in total. The SMILES string of the molecule is CC(=O)N1CCC(NCc2ccc(C)s2)C(C)C1. The summed E-state index contributed by atoms with van der Waals surface area (Å²) in [4.78, 5) is 16.1. The fourth-order valence-electron chi connectivity index (χ4n) is 2.55. The fourth-order valence-corrected chi connectivity index (χ4v) is 3.39. The molecule has 0 aliphatic carbocycles. The summed E-state index contributed by atoms with van der Waals surface area (Å²) < 4.78 is 0. The second-order valence-corrected chi connectivity index (χ2v) is 6.60. The number of hydrogen-bond acceptors (Lipinski definition) is 3. The monoisotopic (exact) mass is 266 g/mol. The molecule has 3 nitrogen and oxygen atoms in total. The zero-order valence-corrected chi connectivity index (χ0v) is 12.2. The lowest BCUT2D eigenvalue weighted by Gasteiger charge is -2.37. The summed E-state index contributed by atoms with van der Waals surface area (Å²) in [5.74, 6) is 0.734. The van der Waals surface area contributed by atoms with Gasteiger partial charge in [0.2, 0.25) is 5.91 Å². The van der Waals surface area contributed by atoms with E-state index >= 15 is 0 Å². The molecule has 0 saturated carbocycles. The number of rotatable bonds is 3. The number of carbonyl (C=O) groups excluding carboxylic acids is 1. The highest BCUT2D eigenvalue weighted by Gasteiger charge is 2.26. The fraction of sp³-hybridized carbons (Fsp3) is 0.643. The molecule has 0 radical (unpaired) electrons. The van der Waals surface area contributed by atoms with Crippen LogP contribution < -0.4 is 5.32 Å². The van der Waals surface area contributed by atoms with E-state index < -0.39 is 0 Å². The average Bonchev–Trinajstić information content (AvgIpc) is 2.73. The largest absolute Gasteiger partial charge is 0.343 e. The number of carbonyl (C=O) groups is 1. The van der Waals surface area contributed by atoms with E-state index in [1.165, 1.54) is 9.75 Å². The Kier molecular flexibility index (Phi) is 4.40. The van der Waals surface area contributed by atoms with Crippen LogP contribution in [0.4, 0.5) is 0 Å². The highest BCUT2D eigenvalue weighted by molar-refractivity contribution is 7.11. The predicted molar refractivity (Wildman–Crippen MR) is 75.7 cm³/mol. The number of thiophene rings is 1. The van der Waals surface area contributed by atoms with Crippen molar-refractivity contribution >= 4 is 17.2 Å². The van der Waals surface area contributed by atoms with Crippen LogP contribution in [0, 0.1) is 12.8 Å². The molecule has 1 aliphatic rings. The van der Waals surface area contributed by atoms with Crippen molar-refractivity contribution in [2.24, 2.45) is 5.92 Å². The summed E-state index contributed by atoms with van der Waals surface area (Å²) in [6, 6.07) is 4.90. The van der Waals surface area contributed by atoms with Crippen LogP contribution in [0.1, 0.15) is 30.0 Å². The van der Waals surface area contributed by atoms with Crippen molar-refractivity contribution in [3.8, 4) is 0 Å². The smallest absolute Gasteiger partial charge is 0.219 e. The number of hydrogen-bond donors (Lipinski definition) is 1. The molecule has 2 rings (SSSR count). The van der Waals surface area contributed by atoms with Gasteiger partial charge < -0.3 is 10.2 Å². The zero-order chi connectivity index (χ0) is 13.1. The summed E-state index contributed by atoms with van der Waals surface area (Å²) in [7, 11) is 0. The average molecular weight is 266 g/mol. The second kappa shape index (κ2) is 5.85. The van der Waals surface area contributed by atoms with E-state index in [0.29, 0.717) is 12.0 Å². The quantitative estimate of drug-likeness (QED) is 0.911. The highest BCUT2D eigenvalue weighted by Crippen LogP contribution is 2.19. The Bertz CT molecular complexity index is 416. The third kappa shape index (κ3) is 3.33. The summed E-state index contributed by atoms with van der Waals surface area (Å²) in [5, 5.41) is 3.63. The van der Waals surface area contributed by atoms with Crippen molar-refractivity contribution in [3.63, 3.8) is 0 Å². The first-order valence-electron chi connectivity index (χ1n) is 6.60. The lowest BCUT2D eigenvalue weighted by atomic mass is 9.94. The molecule has 1 fully saturated rings. The maximum Gasteiger partial charge on any atom is 0.219 e. The number of piperidine rings is 1. The van der Waals surface area contributed by atoms with Crippen molar-refractivity contribution in [3.05, 3.63) is 21.9 Å². The van der Waals surface area contributed by atoms with Gasteiger partial charge in [-0.05, 0) is 31.4 Å². The Morgan fingerprint density at radius 3 is 2.89 bits per heavy atom. The van der Waals surface area contributed by atoms with Crippen LogP contribution in [0.3, 0.4) is 0 Å². The van der Waals surface area contributed by atoms with Crippen LogP contribution in [-0.4, -0.2) is 29.9 Å². The van der Waals surface area contributed by atoms with Crippen molar-refractivity contribution in [1.82, 2.24) is 10.2 Å². The van der Waals surface area contributed by atoms with Gasteiger partial charge >= 0.3 is 0 Å². The highest BCUT2D eigenvalue weighted by atomic mass is 32.1. The van der Waals surface area contributed by atoms with Crippen molar-refractivity contribution < 1.29 is 4.79 Å². The molecule has 0 spiro atoms. The molecule has 100 valence electrons. The predicted octanol–water partition coefficient (Wildman–Crippen LogP) is 2.40. The van der Waals surface area contributed by atoms with Gasteiger partial charge in [0, 0.05) is 42.4 Å². The Morgan fingerprint density at radius 1 is 1.56 bits per heavy atom. The van der Waals surface area contributed by atoms with Gasteiger partial charge in [0.25, 0.3) is 0 Å². The molecule has 1 aliphatic heterocycles. The molecule has 18 heavy (non-hydrogen) atoms. The van der Waals surface area contributed by atoms with Gasteiger partial charge in [-0.3, -0.25) is 4.79 Å². The van der Waals surface area contributed by atoms with Crippen LogP contribution in [0.25, 0.3) is 0 Å². The molecule has 4 heteroatoms. The molecule has 1 amide bonds. The molecule has 1 aromatic rings. The van der Waals surface area contributed by atoms with E-state index in [9.17, 15) is 4.79 Å². The number of nitrogens with zero attached hydrogens (tertiary/aromatic N) is 1. The topological polar surface area (TPSA) is 32.3 Å². The van der Waals surface area contributed by atoms with E-state index in [1.54, 1.807) is 6.92 Å². The molecule has 2 atom stereocenters. The minimum Gasteiger partial charge on any atom is -0.343 e. The Balaban J connectivity index is 1.82. The number of aryl methyl sites for hydroxylation is 1. The zero-order valence-electron chi connectivity index (χ0n) is 11.4. The van der Waals surface area contributed by atoms with Crippen molar-refractivity contribution in [2.75, 3.05) is 13.1 Å². The number of amides is 1. The Labute approximate surface area is 113 Å². The third-order valence-corrected chi connectivity index (χ3v) is 4.69. The summed E-state index contributed by atoms with van der Waals surface area (Å²) in [6.07, 6.45) is 1.06. The lowest BCUT2D eigenvalue weighted by molar-refractivity contribution is -0.130. The van der Waals surface area contributed by atoms with Crippen LogP contribution in [0.5, 0.6) is 0 Å². The molecule has 1 aromatic heterocycles. The van der Waals surface area contributed by atoms with Crippen LogP contribution in [0.2, 0.25) is 0 Å². The Hall–Kier alpha value is -0.870. The van der Waals surface area contributed by atoms with Crippen molar-refractivity contribution in [2.45, 2.75) is 39.8 Å². The summed E-state index contributed by atoms with van der Waals surface area (Å²) in [5.41, 5.74) is 0. The summed E-state index contributed by atoms with van der Waals surface area (Å²) >= 11 is 1.86. The van der Waals surface area contributed by atoms with Gasteiger partial charge in [-0.2, -0.15) is 0 Å². The van der Waals surface area contributed by atoms with E-state index in [2.05, 4.69) is 31.3 Å². The summed E-state index contributed by atoms with van der Waals surface area (Å²) in [6.45, 7) is 8.76. The molecular formula is C14H22N2OS. The first-order valence-corrected chi connectivity index (χ1v) is 7.42. The first kappa shape index (κ1) is 13.6. The van der Waals surface area contributed by atoms with Gasteiger partial charge in [-0.25, -0.2) is 0 Å². The minimum atomic E-state index is 0.203. The van der Waals surface area contributed by atoms with Gasteiger partial charge in [0.1, 0.15) is 0 Å². The molecule has 0 bridgehead atoms. The van der Waals surface area contributed by atoms with E-state index in [0.717, 1.165) is 26.1 Å². The van der Waals surface area contributed by atoms with E-state index in [4.69, 9.17) is 0 Å². The van der Waals surface area contributed by atoms with Crippen LogP contribution in [0.15, 0.2) is 12.1 Å². The maximum atomic E-state index is 11.3. The van der Waals surface area contributed by atoms with Gasteiger partial charge in [-0.1, -0.05) is 6.92 Å². The first-order chi connectivity index (χ1) is 8.56.